The fraction of sp³-hybridized carbons (Fsp3) is 0.632. The molecule has 0 heterocycles. The molecule has 130 valence electrons. The van der Waals surface area contributed by atoms with Gasteiger partial charge in [0.1, 0.15) is 0 Å². The first-order chi connectivity index (χ1) is 10.9. The van der Waals surface area contributed by atoms with Crippen molar-refractivity contribution in [2.75, 3.05) is 25.0 Å². The van der Waals surface area contributed by atoms with Crippen molar-refractivity contribution in [3.05, 3.63) is 29.3 Å². The van der Waals surface area contributed by atoms with E-state index < -0.39 is 0 Å². The van der Waals surface area contributed by atoms with Gasteiger partial charge in [-0.25, -0.2) is 4.79 Å². The average Bonchev–Trinajstić information content (AvgIpc) is 2.49. The summed E-state index contributed by atoms with van der Waals surface area (Å²) >= 11 is 0. The number of anilines is 1. The number of carbonyl (C=O) groups is 1. The minimum atomic E-state index is -0.122. The normalized spacial score (nSPS) is 12.5. The van der Waals surface area contributed by atoms with E-state index in [1.54, 1.807) is 0 Å². The number of hydrogen-bond donors (Lipinski definition) is 2. The molecular weight excluding hydrogens is 286 g/mol. The maximum absolute atomic E-state index is 12.3. The van der Waals surface area contributed by atoms with Crippen LogP contribution in [0.3, 0.4) is 0 Å². The lowest BCUT2D eigenvalue weighted by Crippen LogP contribution is -2.45. The highest BCUT2D eigenvalue weighted by atomic mass is 16.2. The third kappa shape index (κ3) is 6.22. The number of aryl methyl sites for hydroxylation is 2. The zero-order chi connectivity index (χ0) is 17.4. The zero-order valence-corrected chi connectivity index (χ0v) is 15.6. The minimum absolute atomic E-state index is 0.122. The quantitative estimate of drug-likeness (QED) is 0.755. The molecule has 1 unspecified atom stereocenters. The molecule has 2 amide bonds. The summed E-state index contributed by atoms with van der Waals surface area (Å²) in [5, 5.41) is 6.04. The topological polar surface area (TPSA) is 44.4 Å². The molecule has 0 aromatic heterocycles. The molecule has 4 heteroatoms. The van der Waals surface area contributed by atoms with Gasteiger partial charge in [-0.05, 0) is 50.4 Å². The van der Waals surface area contributed by atoms with Crippen molar-refractivity contribution in [2.45, 2.75) is 54.0 Å². The van der Waals surface area contributed by atoms with Gasteiger partial charge in [-0.1, -0.05) is 45.9 Å². The van der Waals surface area contributed by atoms with E-state index in [1.807, 2.05) is 32.0 Å². The van der Waals surface area contributed by atoms with Crippen LogP contribution in [0.2, 0.25) is 0 Å². The maximum Gasteiger partial charge on any atom is 0.319 e. The van der Waals surface area contributed by atoms with Crippen LogP contribution in [-0.4, -0.2) is 36.6 Å². The van der Waals surface area contributed by atoms with Gasteiger partial charge in [0.2, 0.25) is 0 Å². The van der Waals surface area contributed by atoms with Crippen molar-refractivity contribution in [3.8, 4) is 0 Å². The summed E-state index contributed by atoms with van der Waals surface area (Å²) in [7, 11) is 0. The molecule has 1 aromatic carbocycles. The third-order valence-corrected chi connectivity index (χ3v) is 4.29. The van der Waals surface area contributed by atoms with E-state index >= 15 is 0 Å². The van der Waals surface area contributed by atoms with Gasteiger partial charge in [0.25, 0.3) is 0 Å². The molecule has 23 heavy (non-hydrogen) atoms. The van der Waals surface area contributed by atoms with Crippen LogP contribution in [0.1, 0.15) is 45.2 Å². The van der Waals surface area contributed by atoms with Crippen LogP contribution < -0.4 is 10.6 Å². The standard InChI is InChI=1S/C19H33N3O/c1-7-22(8-2)17(12-14(3)4)13-20-19(23)21-18-15(5)10-9-11-16(18)6/h9-11,14,17H,7-8,12-13H2,1-6H3,(H2,20,21,23). The second-order valence-electron chi connectivity index (χ2n) is 6.61. The number of nitrogens with one attached hydrogen (secondary N) is 2. The number of para-hydroxylation sites is 1. The number of amides is 2. The maximum atomic E-state index is 12.3. The fourth-order valence-corrected chi connectivity index (χ4v) is 3.03. The van der Waals surface area contributed by atoms with Crippen molar-refractivity contribution in [1.29, 1.82) is 0 Å². The summed E-state index contributed by atoms with van der Waals surface area (Å²) in [5.41, 5.74) is 3.08. The first kappa shape index (κ1) is 19.5. The van der Waals surface area contributed by atoms with Gasteiger partial charge in [0.15, 0.2) is 0 Å². The van der Waals surface area contributed by atoms with E-state index in [2.05, 4.69) is 43.2 Å². The van der Waals surface area contributed by atoms with Crippen LogP contribution in [-0.2, 0) is 0 Å². The first-order valence-electron chi connectivity index (χ1n) is 8.74. The highest BCUT2D eigenvalue weighted by Crippen LogP contribution is 2.19. The van der Waals surface area contributed by atoms with E-state index in [4.69, 9.17) is 0 Å². The summed E-state index contributed by atoms with van der Waals surface area (Å²) in [6.07, 6.45) is 1.09. The Morgan fingerprint density at radius 2 is 1.70 bits per heavy atom. The highest BCUT2D eigenvalue weighted by molar-refractivity contribution is 5.90. The number of urea groups is 1. The van der Waals surface area contributed by atoms with Crippen LogP contribution in [0.15, 0.2) is 18.2 Å². The molecule has 0 spiro atoms. The van der Waals surface area contributed by atoms with Crippen molar-refractivity contribution in [2.24, 2.45) is 5.92 Å². The van der Waals surface area contributed by atoms with Crippen molar-refractivity contribution in [1.82, 2.24) is 10.2 Å². The second-order valence-corrected chi connectivity index (χ2v) is 6.61. The molecule has 0 aliphatic rings. The highest BCUT2D eigenvalue weighted by Gasteiger charge is 2.18. The molecular formula is C19H33N3O. The summed E-state index contributed by atoms with van der Waals surface area (Å²) in [4.78, 5) is 14.7. The molecule has 0 aliphatic heterocycles. The Labute approximate surface area is 141 Å². The Morgan fingerprint density at radius 3 is 2.17 bits per heavy atom. The predicted octanol–water partition coefficient (Wildman–Crippen LogP) is 4.18. The molecule has 0 aliphatic carbocycles. The van der Waals surface area contributed by atoms with Crippen molar-refractivity contribution >= 4 is 11.7 Å². The van der Waals surface area contributed by atoms with Crippen LogP contribution in [0.4, 0.5) is 10.5 Å². The van der Waals surface area contributed by atoms with E-state index in [0.717, 1.165) is 36.3 Å². The smallest absolute Gasteiger partial charge is 0.319 e. The van der Waals surface area contributed by atoms with Crippen LogP contribution in [0.25, 0.3) is 0 Å². The third-order valence-electron chi connectivity index (χ3n) is 4.29. The molecule has 4 nitrogen and oxygen atoms in total. The van der Waals surface area contributed by atoms with Crippen LogP contribution >= 0.6 is 0 Å². The molecule has 1 aromatic rings. The minimum Gasteiger partial charge on any atom is -0.336 e. The first-order valence-corrected chi connectivity index (χ1v) is 8.74. The number of rotatable bonds is 8. The lowest BCUT2D eigenvalue weighted by Gasteiger charge is -2.31. The summed E-state index contributed by atoms with van der Waals surface area (Å²) in [6, 6.07) is 6.30. The summed E-state index contributed by atoms with van der Waals surface area (Å²) in [5.74, 6) is 0.615. The lowest BCUT2D eigenvalue weighted by atomic mass is 10.0. The van der Waals surface area contributed by atoms with Gasteiger partial charge in [0, 0.05) is 18.3 Å². The Bertz CT molecular complexity index is 475. The monoisotopic (exact) mass is 319 g/mol. The van der Waals surface area contributed by atoms with Gasteiger partial charge in [-0.2, -0.15) is 0 Å². The van der Waals surface area contributed by atoms with Gasteiger partial charge >= 0.3 is 6.03 Å². The number of hydrogen-bond acceptors (Lipinski definition) is 2. The van der Waals surface area contributed by atoms with Gasteiger partial charge < -0.3 is 10.6 Å². The van der Waals surface area contributed by atoms with Gasteiger partial charge in [-0.15, -0.1) is 0 Å². The summed E-state index contributed by atoms with van der Waals surface area (Å²) < 4.78 is 0. The Morgan fingerprint density at radius 1 is 1.13 bits per heavy atom. The lowest BCUT2D eigenvalue weighted by molar-refractivity contribution is 0.186. The van der Waals surface area contributed by atoms with E-state index in [9.17, 15) is 4.79 Å². The Balaban J connectivity index is 2.64. The number of benzene rings is 1. The molecule has 1 atom stereocenters. The molecule has 2 N–H and O–H groups in total. The van der Waals surface area contributed by atoms with E-state index in [1.165, 1.54) is 0 Å². The second kappa shape index (κ2) is 9.56. The van der Waals surface area contributed by atoms with Crippen LogP contribution in [0, 0.1) is 19.8 Å². The van der Waals surface area contributed by atoms with Gasteiger partial charge in [0.05, 0.1) is 0 Å². The molecule has 0 bridgehead atoms. The molecule has 0 saturated carbocycles. The predicted molar refractivity (Wildman–Crippen MR) is 99.1 cm³/mol. The Hall–Kier alpha value is -1.55. The Kier molecular flexibility index (Phi) is 8.10. The fourth-order valence-electron chi connectivity index (χ4n) is 3.03. The van der Waals surface area contributed by atoms with E-state index in [0.29, 0.717) is 18.5 Å². The molecule has 1 rings (SSSR count). The summed E-state index contributed by atoms with van der Waals surface area (Å²) in [6.45, 7) is 15.5. The molecule has 0 fully saturated rings. The largest absolute Gasteiger partial charge is 0.336 e. The number of nitrogens with zero attached hydrogens (tertiary/aromatic N) is 1. The zero-order valence-electron chi connectivity index (χ0n) is 15.6. The SMILES string of the molecule is CCN(CC)C(CNC(=O)Nc1c(C)cccc1C)CC(C)C. The van der Waals surface area contributed by atoms with Crippen LogP contribution in [0.5, 0.6) is 0 Å². The number of likely N-dealkylation sites (N-methyl/N-ethyl adjacent to an activating group) is 1. The van der Waals surface area contributed by atoms with Gasteiger partial charge in [-0.3, -0.25) is 4.90 Å². The van der Waals surface area contributed by atoms with Crippen molar-refractivity contribution in [3.63, 3.8) is 0 Å². The van der Waals surface area contributed by atoms with Crippen molar-refractivity contribution < 1.29 is 4.79 Å². The molecule has 0 saturated heterocycles. The molecule has 0 radical (unpaired) electrons. The number of carbonyl (C=O) groups excluding carboxylic acids is 1. The average molecular weight is 319 g/mol. The van der Waals surface area contributed by atoms with E-state index in [-0.39, 0.29) is 6.03 Å².